The van der Waals surface area contributed by atoms with Crippen LogP contribution in [0.25, 0.3) is 11.3 Å². The van der Waals surface area contributed by atoms with Gasteiger partial charge in [0.05, 0.1) is 5.69 Å². The van der Waals surface area contributed by atoms with E-state index in [2.05, 4.69) is 9.97 Å². The molecule has 0 aliphatic carbocycles. The molecule has 5 heteroatoms. The fourth-order valence-electron chi connectivity index (χ4n) is 1.46. The highest BCUT2D eigenvalue weighted by Crippen LogP contribution is 2.23. The lowest BCUT2D eigenvalue weighted by Crippen LogP contribution is -2.14. The average molecular weight is 232 g/mol. The van der Waals surface area contributed by atoms with Crippen LogP contribution in [0.15, 0.2) is 30.3 Å². The summed E-state index contributed by atoms with van der Waals surface area (Å²) in [5, 5.41) is 0. The van der Waals surface area contributed by atoms with Crippen LogP contribution in [-0.2, 0) is 0 Å². The van der Waals surface area contributed by atoms with Gasteiger partial charge in [-0.05, 0) is 12.1 Å². The molecular weight excluding hydrogens is 219 g/mol. The van der Waals surface area contributed by atoms with Gasteiger partial charge >= 0.3 is 0 Å². The molecule has 0 aliphatic heterocycles. The van der Waals surface area contributed by atoms with Crippen LogP contribution in [0.1, 0.15) is 0 Å². The number of anilines is 2. The van der Waals surface area contributed by atoms with Crippen molar-refractivity contribution in [3.63, 3.8) is 0 Å². The number of aromatic nitrogens is 2. The summed E-state index contributed by atoms with van der Waals surface area (Å²) in [5.74, 6) is 0.459. The molecule has 2 rings (SSSR count). The highest BCUT2D eigenvalue weighted by molar-refractivity contribution is 5.64. The molecule has 0 radical (unpaired) electrons. The Balaban J connectivity index is 2.56. The Bertz CT molecular complexity index is 540. The van der Waals surface area contributed by atoms with Gasteiger partial charge in [0.25, 0.3) is 0 Å². The molecule has 2 aromatic rings. The minimum absolute atomic E-state index is 0.321. The summed E-state index contributed by atoms with van der Waals surface area (Å²) in [6, 6.07) is 8.01. The molecule has 2 N–H and O–H groups in total. The van der Waals surface area contributed by atoms with Crippen LogP contribution in [0.3, 0.4) is 0 Å². The van der Waals surface area contributed by atoms with E-state index in [-0.39, 0.29) is 5.82 Å². The third-order valence-electron chi connectivity index (χ3n) is 2.28. The molecule has 1 aromatic heterocycles. The molecule has 0 spiro atoms. The number of hydrogen-bond donors (Lipinski definition) is 1. The Morgan fingerprint density at radius 1 is 1.18 bits per heavy atom. The highest BCUT2D eigenvalue weighted by atomic mass is 19.1. The van der Waals surface area contributed by atoms with Crippen LogP contribution in [0.2, 0.25) is 0 Å². The molecule has 0 amide bonds. The quantitative estimate of drug-likeness (QED) is 0.859. The van der Waals surface area contributed by atoms with Crippen LogP contribution in [0, 0.1) is 5.82 Å². The molecule has 0 unspecified atom stereocenters. The summed E-state index contributed by atoms with van der Waals surface area (Å²) < 4.78 is 13.6. The largest absolute Gasteiger partial charge is 0.384 e. The number of nitrogen functional groups attached to an aromatic ring is 1. The minimum Gasteiger partial charge on any atom is -0.384 e. The number of nitrogens with two attached hydrogens (primary N) is 1. The van der Waals surface area contributed by atoms with Crippen molar-refractivity contribution < 1.29 is 4.39 Å². The first kappa shape index (κ1) is 11.3. The van der Waals surface area contributed by atoms with Crippen LogP contribution < -0.4 is 10.6 Å². The number of halogens is 1. The number of benzene rings is 1. The molecule has 0 saturated carbocycles. The van der Waals surface area contributed by atoms with E-state index < -0.39 is 0 Å². The zero-order chi connectivity index (χ0) is 12.4. The summed E-state index contributed by atoms with van der Waals surface area (Å²) in [6.07, 6.45) is 0. The van der Waals surface area contributed by atoms with Crippen LogP contribution in [-0.4, -0.2) is 24.1 Å². The van der Waals surface area contributed by atoms with Crippen molar-refractivity contribution in [2.45, 2.75) is 0 Å². The molecule has 0 bridgehead atoms. The standard InChI is InChI=1S/C12H13FN4/c1-17(2)12-15-10(7-11(14)16-12)8-5-3-4-6-9(8)13/h3-7H,1-2H3,(H2,14,15,16). The van der Waals surface area contributed by atoms with Gasteiger partial charge < -0.3 is 10.6 Å². The lowest BCUT2D eigenvalue weighted by atomic mass is 10.1. The Morgan fingerprint density at radius 2 is 1.88 bits per heavy atom. The maximum Gasteiger partial charge on any atom is 0.227 e. The van der Waals surface area contributed by atoms with Gasteiger partial charge in [0.1, 0.15) is 11.6 Å². The second-order valence-corrected chi connectivity index (χ2v) is 3.85. The monoisotopic (exact) mass is 232 g/mol. The number of nitrogens with zero attached hydrogens (tertiary/aromatic N) is 3. The van der Waals surface area contributed by atoms with E-state index in [9.17, 15) is 4.39 Å². The van der Waals surface area contributed by atoms with Gasteiger partial charge in [0.15, 0.2) is 0 Å². The second kappa shape index (κ2) is 4.37. The lowest BCUT2D eigenvalue weighted by Gasteiger charge is -2.12. The van der Waals surface area contributed by atoms with E-state index in [1.54, 1.807) is 43.3 Å². The van der Waals surface area contributed by atoms with E-state index >= 15 is 0 Å². The third kappa shape index (κ3) is 2.33. The molecule has 0 atom stereocenters. The topological polar surface area (TPSA) is 55.0 Å². The second-order valence-electron chi connectivity index (χ2n) is 3.85. The molecule has 0 saturated heterocycles. The summed E-state index contributed by atoms with van der Waals surface area (Å²) in [4.78, 5) is 10.0. The predicted octanol–water partition coefficient (Wildman–Crippen LogP) is 1.93. The fraction of sp³-hybridized carbons (Fsp3) is 0.167. The van der Waals surface area contributed by atoms with Crippen molar-refractivity contribution in [2.75, 3.05) is 24.7 Å². The number of rotatable bonds is 2. The van der Waals surface area contributed by atoms with Gasteiger partial charge in [-0.25, -0.2) is 9.37 Å². The normalized spacial score (nSPS) is 10.3. The van der Waals surface area contributed by atoms with E-state index in [1.165, 1.54) is 6.07 Å². The van der Waals surface area contributed by atoms with Crippen molar-refractivity contribution in [1.29, 1.82) is 0 Å². The molecule has 0 aliphatic rings. The van der Waals surface area contributed by atoms with Crippen LogP contribution in [0.5, 0.6) is 0 Å². The SMILES string of the molecule is CN(C)c1nc(N)cc(-c2ccccc2F)n1. The van der Waals surface area contributed by atoms with Gasteiger partial charge in [0.2, 0.25) is 5.95 Å². The molecule has 17 heavy (non-hydrogen) atoms. The van der Waals surface area contributed by atoms with Crippen LogP contribution in [0.4, 0.5) is 16.2 Å². The van der Waals surface area contributed by atoms with Crippen LogP contribution >= 0.6 is 0 Å². The van der Waals surface area contributed by atoms with Crippen molar-refractivity contribution in [3.05, 3.63) is 36.1 Å². The summed E-state index contributed by atoms with van der Waals surface area (Å²) in [6.45, 7) is 0. The Labute approximate surface area is 98.9 Å². The van der Waals surface area contributed by atoms with Gasteiger partial charge in [0, 0.05) is 25.7 Å². The first-order valence-electron chi connectivity index (χ1n) is 5.14. The molecule has 88 valence electrons. The maximum absolute atomic E-state index is 13.6. The molecule has 4 nitrogen and oxygen atoms in total. The van der Waals surface area contributed by atoms with Gasteiger partial charge in [-0.2, -0.15) is 4.98 Å². The first-order chi connectivity index (χ1) is 8.08. The third-order valence-corrected chi connectivity index (χ3v) is 2.28. The predicted molar refractivity (Wildman–Crippen MR) is 66.2 cm³/mol. The molecule has 1 heterocycles. The highest BCUT2D eigenvalue weighted by Gasteiger charge is 2.09. The Hall–Kier alpha value is -2.17. The zero-order valence-electron chi connectivity index (χ0n) is 9.68. The average Bonchev–Trinajstić information content (AvgIpc) is 2.28. The maximum atomic E-state index is 13.6. The summed E-state index contributed by atoms with van der Waals surface area (Å²) in [5.41, 5.74) is 6.59. The summed E-state index contributed by atoms with van der Waals surface area (Å²) >= 11 is 0. The number of hydrogen-bond acceptors (Lipinski definition) is 4. The molecular formula is C12H13FN4. The minimum atomic E-state index is -0.324. The lowest BCUT2D eigenvalue weighted by molar-refractivity contribution is 0.630. The van der Waals surface area contributed by atoms with Crippen molar-refractivity contribution >= 4 is 11.8 Å². The van der Waals surface area contributed by atoms with Crippen molar-refractivity contribution in [2.24, 2.45) is 0 Å². The van der Waals surface area contributed by atoms with E-state index in [0.29, 0.717) is 23.0 Å². The van der Waals surface area contributed by atoms with Gasteiger partial charge in [-0.15, -0.1) is 0 Å². The summed E-state index contributed by atoms with van der Waals surface area (Å²) in [7, 11) is 3.61. The van der Waals surface area contributed by atoms with Gasteiger partial charge in [-0.3, -0.25) is 0 Å². The fourth-order valence-corrected chi connectivity index (χ4v) is 1.46. The van der Waals surface area contributed by atoms with Gasteiger partial charge in [-0.1, -0.05) is 12.1 Å². The molecule has 0 fully saturated rings. The van der Waals surface area contributed by atoms with E-state index in [4.69, 9.17) is 5.73 Å². The smallest absolute Gasteiger partial charge is 0.227 e. The van der Waals surface area contributed by atoms with Crippen molar-refractivity contribution in [3.8, 4) is 11.3 Å². The molecule has 1 aromatic carbocycles. The Kier molecular flexibility index (Phi) is 2.91. The Morgan fingerprint density at radius 3 is 2.53 bits per heavy atom. The van der Waals surface area contributed by atoms with E-state index in [1.807, 2.05) is 0 Å². The van der Waals surface area contributed by atoms with Crippen molar-refractivity contribution in [1.82, 2.24) is 9.97 Å². The zero-order valence-corrected chi connectivity index (χ0v) is 9.68. The first-order valence-corrected chi connectivity index (χ1v) is 5.14. The van der Waals surface area contributed by atoms with E-state index in [0.717, 1.165) is 0 Å².